The SMILES string of the molecule is C[C@@H]1CC[C@]2(C=O)C(CO)=CCC[C@H]2[C@@]1(C)CC(=O)O. The topological polar surface area (TPSA) is 74.6 Å². The molecule has 20 heavy (non-hydrogen) atoms. The molecule has 0 amide bonds. The molecule has 0 unspecified atom stereocenters. The zero-order valence-corrected chi connectivity index (χ0v) is 12.3. The summed E-state index contributed by atoms with van der Waals surface area (Å²) in [5.41, 5.74) is -0.240. The fourth-order valence-corrected chi connectivity index (χ4v) is 4.53. The second kappa shape index (κ2) is 5.32. The van der Waals surface area contributed by atoms with Crippen molar-refractivity contribution in [2.75, 3.05) is 6.61 Å². The quantitative estimate of drug-likeness (QED) is 0.612. The van der Waals surface area contributed by atoms with Crippen LogP contribution in [0.25, 0.3) is 0 Å². The number of rotatable bonds is 4. The van der Waals surface area contributed by atoms with Gasteiger partial charge in [-0.15, -0.1) is 0 Å². The standard InChI is InChI=1S/C16H24O4/c1-11-6-7-16(10-18)12(9-17)4-3-5-13(16)15(11,2)8-14(19)20/h4,10-11,13,17H,3,5-9H2,1-2H3,(H,19,20)/t11-,13+,15+,16+/m1/s1. The van der Waals surface area contributed by atoms with E-state index in [2.05, 4.69) is 6.92 Å². The molecule has 0 aromatic carbocycles. The Kier molecular flexibility index (Phi) is 4.05. The van der Waals surface area contributed by atoms with E-state index < -0.39 is 11.4 Å². The minimum absolute atomic E-state index is 0.0134. The highest BCUT2D eigenvalue weighted by molar-refractivity contribution is 5.70. The monoisotopic (exact) mass is 280 g/mol. The Bertz CT molecular complexity index is 442. The average molecular weight is 280 g/mol. The minimum atomic E-state index is -0.804. The number of carbonyl (C=O) groups excluding carboxylic acids is 1. The van der Waals surface area contributed by atoms with Gasteiger partial charge >= 0.3 is 5.97 Å². The number of aldehydes is 1. The van der Waals surface area contributed by atoms with Gasteiger partial charge in [0.2, 0.25) is 0 Å². The van der Waals surface area contributed by atoms with Crippen molar-refractivity contribution in [2.24, 2.45) is 22.7 Å². The summed E-state index contributed by atoms with van der Waals surface area (Å²) < 4.78 is 0. The first kappa shape index (κ1) is 15.2. The van der Waals surface area contributed by atoms with Crippen molar-refractivity contribution in [1.82, 2.24) is 0 Å². The van der Waals surface area contributed by atoms with Gasteiger partial charge in [-0.3, -0.25) is 4.79 Å². The van der Waals surface area contributed by atoms with Crippen LogP contribution in [0.4, 0.5) is 0 Å². The summed E-state index contributed by atoms with van der Waals surface area (Å²) in [5.74, 6) is -0.518. The number of aliphatic hydroxyl groups is 1. The lowest BCUT2D eigenvalue weighted by atomic mass is 9.47. The molecule has 2 N–H and O–H groups in total. The van der Waals surface area contributed by atoms with Gasteiger partial charge in [0.15, 0.2) is 0 Å². The van der Waals surface area contributed by atoms with Crippen LogP contribution in [0.2, 0.25) is 0 Å². The number of hydrogen-bond acceptors (Lipinski definition) is 3. The molecule has 2 aliphatic carbocycles. The van der Waals surface area contributed by atoms with Crippen LogP contribution in [-0.2, 0) is 9.59 Å². The molecule has 4 heteroatoms. The number of aliphatic hydroxyl groups excluding tert-OH is 1. The largest absolute Gasteiger partial charge is 0.481 e. The summed E-state index contributed by atoms with van der Waals surface area (Å²) in [6, 6.07) is 0. The maximum atomic E-state index is 11.9. The summed E-state index contributed by atoms with van der Waals surface area (Å²) >= 11 is 0. The molecule has 1 fully saturated rings. The van der Waals surface area contributed by atoms with E-state index in [0.29, 0.717) is 0 Å². The van der Waals surface area contributed by atoms with E-state index in [1.54, 1.807) is 0 Å². The third-order valence-corrected chi connectivity index (χ3v) is 5.89. The number of allylic oxidation sites excluding steroid dienone is 1. The Hall–Kier alpha value is -1.16. The van der Waals surface area contributed by atoms with E-state index in [1.807, 2.05) is 13.0 Å². The molecular formula is C16H24O4. The molecule has 112 valence electrons. The van der Waals surface area contributed by atoms with Crippen LogP contribution < -0.4 is 0 Å². The zero-order valence-electron chi connectivity index (χ0n) is 12.3. The number of aliphatic carboxylic acids is 1. The van der Waals surface area contributed by atoms with Crippen LogP contribution in [0.5, 0.6) is 0 Å². The molecule has 2 rings (SSSR count). The van der Waals surface area contributed by atoms with E-state index in [9.17, 15) is 19.8 Å². The Morgan fingerprint density at radius 3 is 2.75 bits per heavy atom. The number of fused-ring (bicyclic) bond motifs is 1. The van der Waals surface area contributed by atoms with Crippen molar-refractivity contribution in [3.05, 3.63) is 11.6 Å². The molecule has 0 spiro atoms. The van der Waals surface area contributed by atoms with Crippen molar-refractivity contribution < 1.29 is 19.8 Å². The van der Waals surface area contributed by atoms with Crippen molar-refractivity contribution in [3.8, 4) is 0 Å². The number of carbonyl (C=O) groups is 2. The third-order valence-electron chi connectivity index (χ3n) is 5.89. The van der Waals surface area contributed by atoms with Gasteiger partial charge in [0.1, 0.15) is 6.29 Å². The predicted octanol–water partition coefficient (Wildman–Crippen LogP) is 2.41. The van der Waals surface area contributed by atoms with Crippen molar-refractivity contribution in [3.63, 3.8) is 0 Å². The van der Waals surface area contributed by atoms with E-state index >= 15 is 0 Å². The van der Waals surface area contributed by atoms with Crippen LogP contribution in [0.1, 0.15) is 46.0 Å². The highest BCUT2D eigenvalue weighted by Gasteiger charge is 2.56. The van der Waals surface area contributed by atoms with Crippen LogP contribution in [0.3, 0.4) is 0 Å². The summed E-state index contributed by atoms with van der Waals surface area (Å²) in [4.78, 5) is 23.2. The predicted molar refractivity (Wildman–Crippen MR) is 75.1 cm³/mol. The Morgan fingerprint density at radius 1 is 1.50 bits per heavy atom. The van der Waals surface area contributed by atoms with E-state index in [0.717, 1.165) is 37.5 Å². The van der Waals surface area contributed by atoms with Crippen molar-refractivity contribution >= 4 is 12.3 Å². The van der Waals surface area contributed by atoms with Crippen LogP contribution in [0.15, 0.2) is 11.6 Å². The number of carboxylic acid groups (broad SMARTS) is 1. The number of carboxylic acids is 1. The van der Waals surface area contributed by atoms with E-state index in [1.165, 1.54) is 0 Å². The van der Waals surface area contributed by atoms with Crippen molar-refractivity contribution in [2.45, 2.75) is 46.0 Å². The first-order valence-corrected chi connectivity index (χ1v) is 7.39. The fraction of sp³-hybridized carbons (Fsp3) is 0.750. The van der Waals surface area contributed by atoms with Crippen molar-refractivity contribution in [1.29, 1.82) is 0 Å². The fourth-order valence-electron chi connectivity index (χ4n) is 4.53. The molecule has 0 heterocycles. The molecule has 2 aliphatic rings. The maximum absolute atomic E-state index is 11.9. The first-order valence-electron chi connectivity index (χ1n) is 7.39. The van der Waals surface area contributed by atoms with Gasteiger partial charge < -0.3 is 15.0 Å². The molecule has 0 aromatic heterocycles. The smallest absolute Gasteiger partial charge is 0.303 e. The zero-order chi connectivity index (χ0) is 15.0. The highest BCUT2D eigenvalue weighted by atomic mass is 16.4. The maximum Gasteiger partial charge on any atom is 0.303 e. The molecule has 0 radical (unpaired) electrons. The minimum Gasteiger partial charge on any atom is -0.481 e. The molecule has 1 saturated carbocycles. The van der Waals surface area contributed by atoms with Gasteiger partial charge in [-0.2, -0.15) is 0 Å². The lowest BCUT2D eigenvalue weighted by molar-refractivity contribution is -0.149. The molecule has 4 atom stereocenters. The molecule has 0 saturated heterocycles. The Morgan fingerprint density at radius 2 is 2.20 bits per heavy atom. The Balaban J connectivity index is 2.48. The first-order chi connectivity index (χ1) is 9.40. The second-order valence-electron chi connectivity index (χ2n) is 6.69. The van der Waals surface area contributed by atoms with Gasteiger partial charge in [-0.1, -0.05) is 19.9 Å². The molecule has 0 aromatic rings. The molecule has 4 nitrogen and oxygen atoms in total. The van der Waals surface area contributed by atoms with Gasteiger partial charge in [0.25, 0.3) is 0 Å². The van der Waals surface area contributed by atoms with Gasteiger partial charge in [-0.05, 0) is 48.5 Å². The van der Waals surface area contributed by atoms with Gasteiger partial charge in [-0.25, -0.2) is 0 Å². The summed E-state index contributed by atoms with van der Waals surface area (Å²) in [6.45, 7) is 4.00. The average Bonchev–Trinajstić information content (AvgIpc) is 2.42. The van der Waals surface area contributed by atoms with E-state index in [-0.39, 0.29) is 30.3 Å². The lowest BCUT2D eigenvalue weighted by Crippen LogP contribution is -2.53. The van der Waals surface area contributed by atoms with Gasteiger partial charge in [0, 0.05) is 0 Å². The molecule has 0 aliphatic heterocycles. The second-order valence-corrected chi connectivity index (χ2v) is 6.69. The van der Waals surface area contributed by atoms with E-state index in [4.69, 9.17) is 0 Å². The Labute approximate surface area is 119 Å². The normalized spacial score (nSPS) is 40.6. The molecule has 0 bridgehead atoms. The van der Waals surface area contributed by atoms with Crippen LogP contribution >= 0.6 is 0 Å². The summed E-state index contributed by atoms with van der Waals surface area (Å²) in [5, 5.41) is 18.9. The lowest BCUT2D eigenvalue weighted by Gasteiger charge is -2.56. The highest BCUT2D eigenvalue weighted by Crippen LogP contribution is 2.60. The molecular weight excluding hydrogens is 256 g/mol. The van der Waals surface area contributed by atoms with Crippen LogP contribution in [0, 0.1) is 22.7 Å². The number of hydrogen-bond donors (Lipinski definition) is 2. The summed E-state index contributed by atoms with van der Waals surface area (Å²) in [7, 11) is 0. The third kappa shape index (κ3) is 2.10. The van der Waals surface area contributed by atoms with Crippen LogP contribution in [-0.4, -0.2) is 29.1 Å². The van der Waals surface area contributed by atoms with Gasteiger partial charge in [0.05, 0.1) is 18.4 Å². The summed E-state index contributed by atoms with van der Waals surface area (Å²) in [6.07, 6.45) is 6.24.